The Morgan fingerprint density at radius 3 is 2.06 bits per heavy atom. The topological polar surface area (TPSA) is 0 Å². The lowest BCUT2D eigenvalue weighted by Gasteiger charge is -2.31. The maximum Gasteiger partial charge on any atom is -0.0209 e. The van der Waals surface area contributed by atoms with Gasteiger partial charge in [0.05, 0.1) is 0 Å². The van der Waals surface area contributed by atoms with E-state index in [1.54, 1.807) is 25.2 Å². The van der Waals surface area contributed by atoms with Crippen LogP contribution in [0.5, 0.6) is 0 Å². The van der Waals surface area contributed by atoms with E-state index in [9.17, 15) is 0 Å². The fourth-order valence-electron chi connectivity index (χ4n) is 3.03. The molecule has 0 aromatic heterocycles. The molecule has 0 radical (unpaired) electrons. The van der Waals surface area contributed by atoms with Crippen molar-refractivity contribution in [2.75, 3.05) is 12.3 Å². The van der Waals surface area contributed by atoms with E-state index in [0.29, 0.717) is 7.92 Å². The zero-order chi connectivity index (χ0) is 12.3. The molecular formula is C16H33P. The van der Waals surface area contributed by atoms with Gasteiger partial charge < -0.3 is 0 Å². The molecule has 0 aromatic rings. The molecule has 0 aliphatic heterocycles. The first-order valence-corrected chi connectivity index (χ1v) is 9.90. The van der Waals surface area contributed by atoms with E-state index in [4.69, 9.17) is 0 Å². The summed E-state index contributed by atoms with van der Waals surface area (Å²) in [5, 5.41) is 0. The molecule has 0 saturated heterocycles. The maximum absolute atomic E-state index is 2.35. The van der Waals surface area contributed by atoms with Gasteiger partial charge >= 0.3 is 0 Å². The summed E-state index contributed by atoms with van der Waals surface area (Å²) in [5.41, 5.74) is 1.16. The molecule has 0 spiro atoms. The van der Waals surface area contributed by atoms with Crippen LogP contribution in [0.4, 0.5) is 0 Å². The second-order valence-corrected chi connectivity index (χ2v) is 8.54. The van der Waals surface area contributed by atoms with Gasteiger partial charge in [-0.2, -0.15) is 0 Å². The summed E-state index contributed by atoms with van der Waals surface area (Å²) in [5.74, 6) is 0. The van der Waals surface area contributed by atoms with Crippen molar-refractivity contribution in [3.05, 3.63) is 0 Å². The van der Waals surface area contributed by atoms with E-state index in [2.05, 4.69) is 13.8 Å². The Kier molecular flexibility index (Phi) is 9.44. The summed E-state index contributed by atoms with van der Waals surface area (Å²) in [6.45, 7) is 4.67. The van der Waals surface area contributed by atoms with Crippen molar-refractivity contribution < 1.29 is 0 Å². The standard InChI is InChI=1S/C16H33P/c1-3-5-7-11-15-17(14-6-4-2)16-12-9-8-10-13-16/h16H,3-15H2,1-2H3. The van der Waals surface area contributed by atoms with Crippen molar-refractivity contribution in [1.29, 1.82) is 0 Å². The SMILES string of the molecule is CCCCCCP(CCCC)C1CCCCC1. The first kappa shape index (κ1) is 15.5. The van der Waals surface area contributed by atoms with E-state index in [-0.39, 0.29) is 0 Å². The second-order valence-electron chi connectivity index (χ2n) is 5.74. The second kappa shape index (κ2) is 10.4. The van der Waals surface area contributed by atoms with Gasteiger partial charge in [-0.15, -0.1) is 7.92 Å². The van der Waals surface area contributed by atoms with Gasteiger partial charge in [0.1, 0.15) is 0 Å². The minimum atomic E-state index is 0.399. The minimum absolute atomic E-state index is 0.399. The fraction of sp³-hybridized carbons (Fsp3) is 1.00. The van der Waals surface area contributed by atoms with Gasteiger partial charge in [-0.25, -0.2) is 0 Å². The first-order chi connectivity index (χ1) is 8.38. The lowest BCUT2D eigenvalue weighted by molar-refractivity contribution is 0.509. The monoisotopic (exact) mass is 256 g/mol. The average molecular weight is 256 g/mol. The first-order valence-electron chi connectivity index (χ1n) is 8.12. The Labute approximate surface area is 111 Å². The van der Waals surface area contributed by atoms with Crippen LogP contribution in [-0.2, 0) is 0 Å². The molecule has 1 aliphatic carbocycles. The third-order valence-corrected chi connectivity index (χ3v) is 7.52. The van der Waals surface area contributed by atoms with Crippen molar-refractivity contribution in [3.8, 4) is 0 Å². The molecule has 0 amide bonds. The Morgan fingerprint density at radius 1 is 0.765 bits per heavy atom. The van der Waals surface area contributed by atoms with Crippen LogP contribution in [0.15, 0.2) is 0 Å². The molecule has 0 heterocycles. The molecule has 1 unspecified atom stereocenters. The Hall–Kier alpha value is 0.430. The van der Waals surface area contributed by atoms with Crippen LogP contribution in [-0.4, -0.2) is 18.0 Å². The summed E-state index contributed by atoms with van der Waals surface area (Å²) in [6.07, 6.45) is 19.7. The van der Waals surface area contributed by atoms with Crippen LogP contribution >= 0.6 is 7.92 Å². The average Bonchev–Trinajstić information content (AvgIpc) is 2.39. The molecule has 1 aliphatic rings. The molecule has 1 fully saturated rings. The third-order valence-electron chi connectivity index (χ3n) is 4.19. The van der Waals surface area contributed by atoms with Gasteiger partial charge in [-0.1, -0.05) is 58.8 Å². The van der Waals surface area contributed by atoms with E-state index in [1.165, 1.54) is 57.8 Å². The molecule has 0 N–H and O–H groups in total. The van der Waals surface area contributed by atoms with Gasteiger partial charge in [-0.3, -0.25) is 0 Å². The van der Waals surface area contributed by atoms with E-state index >= 15 is 0 Å². The smallest absolute Gasteiger partial charge is 0.0209 e. The van der Waals surface area contributed by atoms with Gasteiger partial charge in [-0.05, 0) is 43.7 Å². The lowest BCUT2D eigenvalue weighted by atomic mass is 10.0. The molecule has 1 atom stereocenters. The molecule has 0 aromatic carbocycles. The molecule has 0 nitrogen and oxygen atoms in total. The number of rotatable bonds is 9. The third kappa shape index (κ3) is 6.80. The van der Waals surface area contributed by atoms with Gasteiger partial charge in [0, 0.05) is 0 Å². The largest absolute Gasteiger partial charge is 0.104 e. The Bertz CT molecular complexity index is 161. The molecular weight excluding hydrogens is 223 g/mol. The molecule has 1 rings (SSSR count). The van der Waals surface area contributed by atoms with E-state index in [1.807, 2.05) is 0 Å². The Balaban J connectivity index is 2.25. The molecule has 1 heteroatoms. The van der Waals surface area contributed by atoms with Crippen molar-refractivity contribution >= 4 is 7.92 Å². The van der Waals surface area contributed by atoms with Crippen LogP contribution in [0.1, 0.15) is 84.5 Å². The summed E-state index contributed by atoms with van der Waals surface area (Å²) in [4.78, 5) is 0. The lowest BCUT2D eigenvalue weighted by Crippen LogP contribution is -2.14. The van der Waals surface area contributed by atoms with Crippen LogP contribution in [0.3, 0.4) is 0 Å². The summed E-state index contributed by atoms with van der Waals surface area (Å²) in [7, 11) is 0.399. The molecule has 17 heavy (non-hydrogen) atoms. The number of unbranched alkanes of at least 4 members (excludes halogenated alkanes) is 4. The summed E-state index contributed by atoms with van der Waals surface area (Å²) < 4.78 is 0. The number of hydrogen-bond acceptors (Lipinski definition) is 0. The highest BCUT2D eigenvalue weighted by molar-refractivity contribution is 7.58. The maximum atomic E-state index is 2.35. The predicted molar refractivity (Wildman–Crippen MR) is 82.6 cm³/mol. The quantitative estimate of drug-likeness (QED) is 0.341. The van der Waals surface area contributed by atoms with E-state index in [0.717, 1.165) is 5.66 Å². The highest BCUT2D eigenvalue weighted by Gasteiger charge is 2.21. The number of hydrogen-bond donors (Lipinski definition) is 0. The molecule has 0 bridgehead atoms. The molecule has 102 valence electrons. The zero-order valence-electron chi connectivity index (χ0n) is 12.2. The van der Waals surface area contributed by atoms with Crippen LogP contribution < -0.4 is 0 Å². The fourth-order valence-corrected chi connectivity index (χ4v) is 6.43. The van der Waals surface area contributed by atoms with Gasteiger partial charge in [0.2, 0.25) is 0 Å². The minimum Gasteiger partial charge on any atom is -0.104 e. The normalized spacial score (nSPS) is 19.4. The summed E-state index contributed by atoms with van der Waals surface area (Å²) >= 11 is 0. The van der Waals surface area contributed by atoms with Crippen molar-refractivity contribution in [2.45, 2.75) is 90.1 Å². The van der Waals surface area contributed by atoms with Crippen LogP contribution in [0, 0.1) is 0 Å². The summed E-state index contributed by atoms with van der Waals surface area (Å²) in [6, 6.07) is 0. The van der Waals surface area contributed by atoms with Crippen LogP contribution in [0.2, 0.25) is 0 Å². The van der Waals surface area contributed by atoms with Gasteiger partial charge in [0.15, 0.2) is 0 Å². The van der Waals surface area contributed by atoms with Gasteiger partial charge in [0.25, 0.3) is 0 Å². The highest BCUT2D eigenvalue weighted by atomic mass is 31.1. The van der Waals surface area contributed by atoms with Crippen LogP contribution in [0.25, 0.3) is 0 Å². The van der Waals surface area contributed by atoms with Crippen molar-refractivity contribution in [3.63, 3.8) is 0 Å². The Morgan fingerprint density at radius 2 is 1.41 bits per heavy atom. The van der Waals surface area contributed by atoms with E-state index < -0.39 is 0 Å². The zero-order valence-corrected chi connectivity index (χ0v) is 13.1. The van der Waals surface area contributed by atoms with Crippen molar-refractivity contribution in [2.24, 2.45) is 0 Å². The molecule has 1 saturated carbocycles. The van der Waals surface area contributed by atoms with Crippen molar-refractivity contribution in [1.82, 2.24) is 0 Å². The highest BCUT2D eigenvalue weighted by Crippen LogP contribution is 2.49. The predicted octanol–water partition coefficient (Wildman–Crippen LogP) is 6.18.